The van der Waals surface area contributed by atoms with Gasteiger partial charge in [-0.25, -0.2) is 9.59 Å². The van der Waals surface area contributed by atoms with Crippen LogP contribution in [-0.4, -0.2) is 23.0 Å². The summed E-state index contributed by atoms with van der Waals surface area (Å²) in [5.41, 5.74) is 0.576. The van der Waals surface area contributed by atoms with Crippen molar-refractivity contribution in [2.45, 2.75) is 6.42 Å². The van der Waals surface area contributed by atoms with E-state index in [1.165, 1.54) is 12.1 Å². The van der Waals surface area contributed by atoms with Gasteiger partial charge >= 0.3 is 17.9 Å². The number of aliphatic carboxylic acids is 1. The van der Waals surface area contributed by atoms with Crippen LogP contribution < -0.4 is 0 Å². The second-order valence-corrected chi connectivity index (χ2v) is 3.28. The molecule has 1 heterocycles. The van der Waals surface area contributed by atoms with E-state index in [4.69, 9.17) is 5.11 Å². The highest BCUT2D eigenvalue weighted by Gasteiger charge is 2.31. The molecule has 84 valence electrons. The lowest BCUT2D eigenvalue weighted by molar-refractivity contribution is -0.135. The molecule has 2 rings (SSSR count). The summed E-state index contributed by atoms with van der Waals surface area (Å²) in [6.07, 6.45) is -0.327. The van der Waals surface area contributed by atoms with Crippen LogP contribution in [0.4, 0.5) is 0 Å². The zero-order valence-corrected chi connectivity index (χ0v) is 8.52. The molecule has 1 aliphatic rings. The maximum Gasteiger partial charge on any atom is 0.348 e. The molecule has 0 saturated heterocycles. The van der Waals surface area contributed by atoms with Crippen molar-refractivity contribution in [2.24, 2.45) is 0 Å². The Morgan fingerprint density at radius 1 is 1.29 bits per heavy atom. The van der Waals surface area contributed by atoms with E-state index < -0.39 is 17.9 Å². The predicted molar refractivity (Wildman–Crippen MR) is 55.3 cm³/mol. The highest BCUT2D eigenvalue weighted by molar-refractivity contribution is 6.15. The Labute approximate surface area is 96.0 Å². The molecule has 0 amide bonds. The monoisotopic (exact) mass is 230 g/mol. The van der Waals surface area contributed by atoms with Crippen LogP contribution in [0.3, 0.4) is 0 Å². The van der Waals surface area contributed by atoms with Gasteiger partial charge in [-0.2, -0.15) is 0 Å². The normalized spacial score (nSPS) is 12.5. The van der Waals surface area contributed by atoms with Gasteiger partial charge in [0.05, 0.1) is 11.1 Å². The number of cyclic esters (lactones) is 2. The van der Waals surface area contributed by atoms with Gasteiger partial charge in [0.2, 0.25) is 0 Å². The van der Waals surface area contributed by atoms with E-state index in [2.05, 4.69) is 16.6 Å². The van der Waals surface area contributed by atoms with Crippen LogP contribution in [0.25, 0.3) is 0 Å². The summed E-state index contributed by atoms with van der Waals surface area (Å²) in [6, 6.07) is 4.56. The maximum atomic E-state index is 11.4. The molecular formula is C12H6O5. The molecule has 0 aromatic heterocycles. The molecule has 0 saturated carbocycles. The highest BCUT2D eigenvalue weighted by atomic mass is 16.6. The largest absolute Gasteiger partial charge is 0.481 e. The molecule has 1 aromatic carbocycles. The summed E-state index contributed by atoms with van der Waals surface area (Å²) in [4.78, 5) is 32.9. The summed E-state index contributed by atoms with van der Waals surface area (Å²) in [5.74, 6) is 2.44. The average molecular weight is 230 g/mol. The lowest BCUT2D eigenvalue weighted by atomic mass is 10.0. The minimum atomic E-state index is -1.05. The van der Waals surface area contributed by atoms with Gasteiger partial charge in [-0.15, -0.1) is 0 Å². The zero-order chi connectivity index (χ0) is 12.4. The van der Waals surface area contributed by atoms with Crippen molar-refractivity contribution in [1.82, 2.24) is 0 Å². The second kappa shape index (κ2) is 4.10. The number of carboxylic acid groups (broad SMARTS) is 1. The van der Waals surface area contributed by atoms with Gasteiger partial charge in [-0.3, -0.25) is 4.79 Å². The summed E-state index contributed by atoms with van der Waals surface area (Å²) < 4.78 is 4.44. The SMILES string of the molecule is O=C(O)CC#Cc1cccc2c1C(=O)OC2=O. The van der Waals surface area contributed by atoms with Crippen LogP contribution in [0.5, 0.6) is 0 Å². The Kier molecular flexibility index (Phi) is 2.63. The van der Waals surface area contributed by atoms with Gasteiger partial charge < -0.3 is 9.84 Å². The van der Waals surface area contributed by atoms with E-state index in [0.29, 0.717) is 5.56 Å². The molecule has 1 N–H and O–H groups in total. The number of carboxylic acids is 1. The molecule has 5 heteroatoms. The Hall–Kier alpha value is -2.61. The molecule has 0 aliphatic carbocycles. The van der Waals surface area contributed by atoms with Crippen molar-refractivity contribution >= 4 is 17.9 Å². The summed E-state index contributed by atoms with van der Waals surface area (Å²) in [5, 5.41) is 8.43. The van der Waals surface area contributed by atoms with Gasteiger partial charge in [-0.1, -0.05) is 17.9 Å². The average Bonchev–Trinajstić information content (AvgIpc) is 2.55. The number of hydrogen-bond acceptors (Lipinski definition) is 4. The standard InChI is InChI=1S/C12H6O5/c13-9(14)6-2-4-7-3-1-5-8-10(7)12(16)17-11(8)15/h1,3,5H,6H2,(H,13,14). The Morgan fingerprint density at radius 3 is 2.76 bits per heavy atom. The molecule has 0 fully saturated rings. The van der Waals surface area contributed by atoms with Crippen molar-refractivity contribution < 1.29 is 24.2 Å². The quantitative estimate of drug-likeness (QED) is 0.439. The van der Waals surface area contributed by atoms with Crippen molar-refractivity contribution in [3.8, 4) is 11.8 Å². The number of rotatable bonds is 1. The fraction of sp³-hybridized carbons (Fsp3) is 0.0833. The Bertz CT molecular complexity index is 589. The smallest absolute Gasteiger partial charge is 0.348 e. The molecule has 0 atom stereocenters. The number of carbonyl (C=O) groups excluding carboxylic acids is 2. The first-order valence-electron chi connectivity index (χ1n) is 4.70. The molecule has 0 bridgehead atoms. The van der Waals surface area contributed by atoms with E-state index in [1.807, 2.05) is 0 Å². The summed E-state index contributed by atoms with van der Waals surface area (Å²) in [6.45, 7) is 0. The Balaban J connectivity index is 2.43. The topological polar surface area (TPSA) is 80.7 Å². The van der Waals surface area contributed by atoms with Crippen LogP contribution in [0.1, 0.15) is 32.7 Å². The van der Waals surface area contributed by atoms with Crippen molar-refractivity contribution in [3.05, 3.63) is 34.9 Å². The van der Waals surface area contributed by atoms with E-state index in [1.54, 1.807) is 6.07 Å². The molecule has 1 aromatic rings. The lowest BCUT2D eigenvalue weighted by Gasteiger charge is -1.95. The Morgan fingerprint density at radius 2 is 2.06 bits per heavy atom. The predicted octanol–water partition coefficient (Wildman–Crippen LogP) is 0.823. The zero-order valence-electron chi connectivity index (χ0n) is 8.52. The third kappa shape index (κ3) is 2.01. The van der Waals surface area contributed by atoms with Crippen molar-refractivity contribution in [1.29, 1.82) is 0 Å². The van der Waals surface area contributed by atoms with Crippen molar-refractivity contribution in [3.63, 3.8) is 0 Å². The summed E-state index contributed by atoms with van der Waals surface area (Å²) >= 11 is 0. The van der Waals surface area contributed by atoms with Gasteiger partial charge in [0.15, 0.2) is 0 Å². The first kappa shape index (κ1) is 10.9. The third-order valence-electron chi connectivity index (χ3n) is 2.14. The van der Waals surface area contributed by atoms with Crippen LogP contribution in [0, 0.1) is 11.8 Å². The highest BCUT2D eigenvalue weighted by Crippen LogP contribution is 2.22. The first-order valence-corrected chi connectivity index (χ1v) is 4.70. The fourth-order valence-corrected chi connectivity index (χ4v) is 1.45. The first-order chi connectivity index (χ1) is 8.09. The number of hydrogen-bond donors (Lipinski definition) is 1. The van der Waals surface area contributed by atoms with Crippen LogP contribution in [-0.2, 0) is 9.53 Å². The number of esters is 2. The number of benzene rings is 1. The van der Waals surface area contributed by atoms with E-state index >= 15 is 0 Å². The number of ether oxygens (including phenoxy) is 1. The van der Waals surface area contributed by atoms with E-state index in [0.717, 1.165) is 0 Å². The molecule has 0 spiro atoms. The van der Waals surface area contributed by atoms with E-state index in [-0.39, 0.29) is 17.5 Å². The van der Waals surface area contributed by atoms with Gasteiger partial charge in [-0.05, 0) is 12.1 Å². The molecule has 1 aliphatic heterocycles. The second-order valence-electron chi connectivity index (χ2n) is 3.28. The van der Waals surface area contributed by atoms with Crippen LogP contribution in [0.15, 0.2) is 18.2 Å². The fourth-order valence-electron chi connectivity index (χ4n) is 1.45. The third-order valence-corrected chi connectivity index (χ3v) is 2.14. The molecule has 5 nitrogen and oxygen atoms in total. The minimum absolute atomic E-state index is 0.107. The molecule has 17 heavy (non-hydrogen) atoms. The van der Waals surface area contributed by atoms with Gasteiger partial charge in [0.25, 0.3) is 0 Å². The van der Waals surface area contributed by atoms with Crippen LogP contribution in [0.2, 0.25) is 0 Å². The van der Waals surface area contributed by atoms with Crippen molar-refractivity contribution in [2.75, 3.05) is 0 Å². The van der Waals surface area contributed by atoms with E-state index in [9.17, 15) is 14.4 Å². The molecule has 0 unspecified atom stereocenters. The maximum absolute atomic E-state index is 11.4. The van der Waals surface area contributed by atoms with Gasteiger partial charge in [0, 0.05) is 5.56 Å². The number of fused-ring (bicyclic) bond motifs is 1. The van der Waals surface area contributed by atoms with Crippen LogP contribution >= 0.6 is 0 Å². The van der Waals surface area contributed by atoms with Gasteiger partial charge in [0.1, 0.15) is 6.42 Å². The number of carbonyl (C=O) groups is 3. The lowest BCUT2D eigenvalue weighted by Crippen LogP contribution is -1.98. The molecule has 0 radical (unpaired) electrons. The molecular weight excluding hydrogens is 224 g/mol. The minimum Gasteiger partial charge on any atom is -0.481 e. The summed E-state index contributed by atoms with van der Waals surface area (Å²) in [7, 11) is 0.